The van der Waals surface area contributed by atoms with E-state index in [0.29, 0.717) is 12.2 Å². The molecule has 0 heterocycles. The minimum atomic E-state index is -1.45. The van der Waals surface area contributed by atoms with Crippen molar-refractivity contribution in [1.29, 1.82) is 0 Å². The molecule has 25 heavy (non-hydrogen) atoms. The molecule has 0 aliphatic carbocycles. The number of nitrogens with one attached hydrogen (secondary N) is 2. The molecule has 10 nitrogen and oxygen atoms in total. The number of carbonyl (C=O) groups excluding carboxylic acids is 2. The van der Waals surface area contributed by atoms with Crippen molar-refractivity contribution >= 4 is 35.5 Å². The van der Waals surface area contributed by atoms with Gasteiger partial charge in [-0.3, -0.25) is 14.4 Å². The Morgan fingerprint density at radius 3 is 2.12 bits per heavy atom. The van der Waals surface area contributed by atoms with Crippen LogP contribution >= 0.6 is 11.8 Å². The van der Waals surface area contributed by atoms with Crippen molar-refractivity contribution < 1.29 is 34.5 Å². The summed E-state index contributed by atoms with van der Waals surface area (Å²) in [5.41, 5.74) is 5.68. The molecule has 4 atom stereocenters. The number of rotatable bonds is 12. The van der Waals surface area contributed by atoms with Gasteiger partial charge in [-0.05, 0) is 31.8 Å². The summed E-state index contributed by atoms with van der Waals surface area (Å²) in [5, 5.41) is 31.8. The van der Waals surface area contributed by atoms with Crippen molar-refractivity contribution in [3.63, 3.8) is 0 Å². The number of carboxylic acids is 2. The number of carboxylic acid groups (broad SMARTS) is 2. The highest BCUT2D eigenvalue weighted by atomic mass is 32.2. The van der Waals surface area contributed by atoms with Crippen LogP contribution in [0.1, 0.15) is 26.2 Å². The Hall–Kier alpha value is -1.85. The maximum Gasteiger partial charge on any atom is 0.326 e. The predicted molar refractivity (Wildman–Crippen MR) is 91.0 cm³/mol. The van der Waals surface area contributed by atoms with Gasteiger partial charge < -0.3 is 31.7 Å². The lowest BCUT2D eigenvalue weighted by Gasteiger charge is -2.24. The number of aliphatic hydroxyl groups is 1. The molecule has 0 aromatic carbocycles. The fourth-order valence-corrected chi connectivity index (χ4v) is 2.32. The fourth-order valence-electron chi connectivity index (χ4n) is 1.83. The lowest BCUT2D eigenvalue weighted by atomic mass is 10.1. The van der Waals surface area contributed by atoms with Crippen LogP contribution in [0, 0.1) is 0 Å². The monoisotopic (exact) mass is 379 g/mol. The van der Waals surface area contributed by atoms with Crippen molar-refractivity contribution in [3.05, 3.63) is 0 Å². The highest BCUT2D eigenvalue weighted by molar-refractivity contribution is 7.98. The molecule has 0 saturated heterocycles. The van der Waals surface area contributed by atoms with Gasteiger partial charge in [0.05, 0.1) is 12.1 Å². The first-order valence-corrected chi connectivity index (χ1v) is 8.97. The van der Waals surface area contributed by atoms with Crippen molar-refractivity contribution in [2.24, 2.45) is 5.73 Å². The van der Waals surface area contributed by atoms with E-state index in [2.05, 4.69) is 10.6 Å². The van der Waals surface area contributed by atoms with Gasteiger partial charge in [-0.2, -0.15) is 11.8 Å². The smallest absolute Gasteiger partial charge is 0.326 e. The number of aliphatic hydroxyl groups excluding tert-OH is 1. The zero-order valence-corrected chi connectivity index (χ0v) is 14.9. The van der Waals surface area contributed by atoms with Gasteiger partial charge in [0.2, 0.25) is 11.8 Å². The molecule has 0 aliphatic heterocycles. The number of hydrogen-bond donors (Lipinski definition) is 6. The molecule has 11 heteroatoms. The third kappa shape index (κ3) is 9.27. The first-order chi connectivity index (χ1) is 11.6. The second kappa shape index (κ2) is 11.7. The molecule has 4 unspecified atom stereocenters. The third-order valence-corrected chi connectivity index (χ3v) is 3.94. The van der Waals surface area contributed by atoms with E-state index >= 15 is 0 Å². The molecule has 0 spiro atoms. The Morgan fingerprint density at radius 1 is 1.08 bits per heavy atom. The molecular weight excluding hydrogens is 354 g/mol. The molecule has 144 valence electrons. The van der Waals surface area contributed by atoms with Crippen LogP contribution in [0.5, 0.6) is 0 Å². The number of aliphatic carboxylic acids is 2. The van der Waals surface area contributed by atoms with Gasteiger partial charge in [-0.25, -0.2) is 4.79 Å². The van der Waals surface area contributed by atoms with Crippen LogP contribution in [0.2, 0.25) is 0 Å². The highest BCUT2D eigenvalue weighted by Gasteiger charge is 2.31. The van der Waals surface area contributed by atoms with E-state index in [9.17, 15) is 24.3 Å². The lowest BCUT2D eigenvalue weighted by molar-refractivity contribution is -0.144. The zero-order chi connectivity index (χ0) is 19.6. The summed E-state index contributed by atoms with van der Waals surface area (Å²) in [6.07, 6.45) is 0.134. The molecule has 0 saturated carbocycles. The van der Waals surface area contributed by atoms with E-state index in [1.807, 2.05) is 6.26 Å². The summed E-state index contributed by atoms with van der Waals surface area (Å²) in [6, 6.07) is -3.73. The van der Waals surface area contributed by atoms with E-state index in [1.54, 1.807) is 0 Å². The highest BCUT2D eigenvalue weighted by Crippen LogP contribution is 2.03. The van der Waals surface area contributed by atoms with Gasteiger partial charge in [-0.15, -0.1) is 0 Å². The summed E-state index contributed by atoms with van der Waals surface area (Å²) >= 11 is 1.50. The number of nitrogens with two attached hydrogens (primary N) is 1. The maximum atomic E-state index is 12.2. The third-order valence-electron chi connectivity index (χ3n) is 3.29. The summed E-state index contributed by atoms with van der Waals surface area (Å²) in [5.74, 6) is -3.57. The second-order valence-corrected chi connectivity index (χ2v) is 6.43. The molecule has 0 fully saturated rings. The van der Waals surface area contributed by atoms with Crippen LogP contribution in [0.3, 0.4) is 0 Å². The molecule has 0 radical (unpaired) electrons. The quantitative estimate of drug-likeness (QED) is 0.232. The van der Waals surface area contributed by atoms with Crippen molar-refractivity contribution in [1.82, 2.24) is 10.6 Å². The van der Waals surface area contributed by atoms with Gasteiger partial charge >= 0.3 is 11.9 Å². The maximum absolute atomic E-state index is 12.2. The Kier molecular flexibility index (Phi) is 10.8. The average Bonchev–Trinajstić information content (AvgIpc) is 2.52. The predicted octanol–water partition coefficient (Wildman–Crippen LogP) is -1.63. The standard InChI is InChI=1S/C14H25N3O7S/c1-7(18)11(17-12(21)8(15)5-6-25-2)13(22)16-9(14(23)24)3-4-10(19)20/h7-9,11,18H,3-6,15H2,1-2H3,(H,16,22)(H,17,21)(H,19,20)(H,23,24). The fraction of sp³-hybridized carbons (Fsp3) is 0.714. The summed E-state index contributed by atoms with van der Waals surface area (Å²) in [4.78, 5) is 45.8. The first-order valence-electron chi connectivity index (χ1n) is 7.58. The van der Waals surface area contributed by atoms with E-state index in [0.717, 1.165) is 0 Å². The second-order valence-electron chi connectivity index (χ2n) is 5.45. The van der Waals surface area contributed by atoms with Gasteiger partial charge in [0.1, 0.15) is 12.1 Å². The number of hydrogen-bond acceptors (Lipinski definition) is 7. The Labute approximate surface area is 149 Å². The first kappa shape index (κ1) is 23.1. The van der Waals surface area contributed by atoms with Crippen molar-refractivity contribution in [3.8, 4) is 0 Å². The largest absolute Gasteiger partial charge is 0.481 e. The van der Waals surface area contributed by atoms with E-state index in [4.69, 9.17) is 15.9 Å². The Morgan fingerprint density at radius 2 is 1.68 bits per heavy atom. The molecule has 0 aliphatic rings. The Balaban J connectivity index is 4.88. The molecule has 2 amide bonds. The van der Waals surface area contributed by atoms with E-state index in [-0.39, 0.29) is 6.42 Å². The van der Waals surface area contributed by atoms with Crippen LogP contribution < -0.4 is 16.4 Å². The van der Waals surface area contributed by atoms with Crippen LogP contribution in [0.25, 0.3) is 0 Å². The van der Waals surface area contributed by atoms with Crippen LogP contribution in [-0.4, -0.2) is 75.3 Å². The van der Waals surface area contributed by atoms with Crippen LogP contribution in [-0.2, 0) is 19.2 Å². The average molecular weight is 379 g/mol. The van der Waals surface area contributed by atoms with Crippen LogP contribution in [0.4, 0.5) is 0 Å². The minimum absolute atomic E-state index is 0.329. The van der Waals surface area contributed by atoms with E-state index in [1.165, 1.54) is 18.7 Å². The van der Waals surface area contributed by atoms with E-state index < -0.39 is 54.4 Å². The molecule has 0 rings (SSSR count). The SMILES string of the molecule is CSCCC(N)C(=O)NC(C(=O)NC(CCC(=O)O)C(=O)O)C(C)O. The van der Waals surface area contributed by atoms with Crippen molar-refractivity contribution in [2.45, 2.75) is 50.4 Å². The molecule has 7 N–H and O–H groups in total. The van der Waals surface area contributed by atoms with Crippen molar-refractivity contribution in [2.75, 3.05) is 12.0 Å². The van der Waals surface area contributed by atoms with Gasteiger partial charge in [0.15, 0.2) is 0 Å². The molecular formula is C14H25N3O7S. The lowest BCUT2D eigenvalue weighted by Crippen LogP contribution is -2.58. The number of carbonyl (C=O) groups is 4. The molecule has 0 aromatic heterocycles. The summed E-state index contributed by atoms with van der Waals surface area (Å²) < 4.78 is 0. The molecule has 0 aromatic rings. The normalized spacial score (nSPS) is 15.5. The molecule has 0 bridgehead atoms. The van der Waals surface area contributed by atoms with Gasteiger partial charge in [0.25, 0.3) is 0 Å². The number of thioether (sulfide) groups is 1. The van der Waals surface area contributed by atoms with Crippen LogP contribution in [0.15, 0.2) is 0 Å². The van der Waals surface area contributed by atoms with Gasteiger partial charge in [-0.1, -0.05) is 0 Å². The summed E-state index contributed by atoms with van der Waals surface area (Å²) in [6.45, 7) is 1.25. The topological polar surface area (TPSA) is 179 Å². The van der Waals surface area contributed by atoms with Gasteiger partial charge in [0, 0.05) is 6.42 Å². The minimum Gasteiger partial charge on any atom is -0.481 e. The number of amides is 2. The summed E-state index contributed by atoms with van der Waals surface area (Å²) in [7, 11) is 0. The zero-order valence-electron chi connectivity index (χ0n) is 14.1. The Bertz CT molecular complexity index is 487.